The molecule has 5 aromatic rings. The lowest BCUT2D eigenvalue weighted by atomic mass is 10.1. The first-order chi connectivity index (χ1) is 20.6. The van der Waals surface area contributed by atoms with Gasteiger partial charge in [0, 0.05) is 22.0 Å². The van der Waals surface area contributed by atoms with Crippen molar-refractivity contribution in [1.29, 1.82) is 0 Å². The highest BCUT2D eigenvalue weighted by atomic mass is 35.5. The number of aromatic nitrogens is 2. The van der Waals surface area contributed by atoms with Gasteiger partial charge in [0.05, 0.1) is 21.5 Å². The standard InChI is InChI=1S/C31H22ClN5O5S/c1-18-15-19(2)34-31(33-18)36-43(40,41)24-13-11-23(12-14-24)37-29(20-7-9-22(32)10-8-20)35-26(30(37)39)16-21-17-42-27-6-4-3-5-25(27)28(21)38/h3-17H,1-2H3,(H,33,34,36)/b26-16-. The highest BCUT2D eigenvalue weighted by molar-refractivity contribution is 7.92. The van der Waals surface area contributed by atoms with Gasteiger partial charge in [-0.15, -0.1) is 0 Å². The van der Waals surface area contributed by atoms with E-state index >= 15 is 0 Å². The molecule has 3 heterocycles. The highest BCUT2D eigenvalue weighted by Crippen LogP contribution is 2.29. The van der Waals surface area contributed by atoms with Gasteiger partial charge >= 0.3 is 0 Å². The summed E-state index contributed by atoms with van der Waals surface area (Å²) in [6, 6.07) is 21.0. The first-order valence-electron chi connectivity index (χ1n) is 13.0. The summed E-state index contributed by atoms with van der Waals surface area (Å²) in [7, 11) is -4.03. The molecular formula is C31H22ClN5O5S. The summed E-state index contributed by atoms with van der Waals surface area (Å²) < 4.78 is 34.1. The van der Waals surface area contributed by atoms with Crippen LogP contribution in [-0.4, -0.2) is 30.1 Å². The first-order valence-corrected chi connectivity index (χ1v) is 14.8. The molecule has 0 fully saturated rings. The third kappa shape index (κ3) is 5.55. The van der Waals surface area contributed by atoms with Crippen LogP contribution in [0.25, 0.3) is 17.0 Å². The van der Waals surface area contributed by atoms with E-state index in [4.69, 9.17) is 16.0 Å². The van der Waals surface area contributed by atoms with Crippen molar-refractivity contribution in [3.05, 3.63) is 129 Å². The largest absolute Gasteiger partial charge is 0.463 e. The lowest BCUT2D eigenvalue weighted by Crippen LogP contribution is -2.32. The molecular weight excluding hydrogens is 590 g/mol. The number of halogens is 1. The van der Waals surface area contributed by atoms with Crippen LogP contribution in [-0.2, 0) is 14.8 Å². The van der Waals surface area contributed by atoms with Crippen LogP contribution in [0.15, 0.2) is 110 Å². The fraction of sp³-hybridized carbons (Fsp3) is 0.0645. The van der Waals surface area contributed by atoms with Crippen LogP contribution in [0.3, 0.4) is 0 Å². The lowest BCUT2D eigenvalue weighted by molar-refractivity contribution is -0.113. The number of aliphatic imine (C=N–C) groups is 1. The number of hydrogen-bond acceptors (Lipinski definition) is 8. The molecule has 0 saturated carbocycles. The Kier molecular flexibility index (Phi) is 7.12. The number of benzene rings is 3. The number of carbonyl (C=O) groups excluding carboxylic acids is 1. The van der Waals surface area contributed by atoms with E-state index in [1.165, 1.54) is 41.5 Å². The summed E-state index contributed by atoms with van der Waals surface area (Å²) in [5, 5.41) is 0.872. The Balaban J connectivity index is 1.37. The van der Waals surface area contributed by atoms with Crippen LogP contribution in [0.5, 0.6) is 0 Å². The van der Waals surface area contributed by atoms with E-state index in [2.05, 4.69) is 19.7 Å². The molecule has 0 bridgehead atoms. The molecule has 3 aromatic carbocycles. The number of hydrogen-bond donors (Lipinski definition) is 1. The average Bonchev–Trinajstić information content (AvgIpc) is 3.29. The molecule has 1 aliphatic heterocycles. The van der Waals surface area contributed by atoms with Crippen molar-refractivity contribution in [3.8, 4) is 0 Å². The van der Waals surface area contributed by atoms with Gasteiger partial charge in [0.1, 0.15) is 23.4 Å². The Bertz CT molecular complexity index is 2120. The molecule has 0 unspecified atom stereocenters. The minimum atomic E-state index is -4.03. The molecule has 12 heteroatoms. The van der Waals surface area contributed by atoms with E-state index in [1.807, 2.05) is 0 Å². The van der Waals surface area contributed by atoms with Gasteiger partial charge in [-0.3, -0.25) is 14.5 Å². The van der Waals surface area contributed by atoms with Gasteiger partial charge in [0.25, 0.3) is 15.9 Å². The van der Waals surface area contributed by atoms with E-state index in [9.17, 15) is 18.0 Å². The SMILES string of the molecule is Cc1cc(C)nc(NS(=O)(=O)c2ccc(N3C(=O)/C(=C/c4coc5ccccc5c4=O)N=C3c3ccc(Cl)cc3)cc2)n1. The van der Waals surface area contributed by atoms with Crippen LogP contribution in [0.2, 0.25) is 5.02 Å². The molecule has 2 aromatic heterocycles. The van der Waals surface area contributed by atoms with Crippen LogP contribution in [0.1, 0.15) is 22.5 Å². The molecule has 0 radical (unpaired) electrons. The van der Waals surface area contributed by atoms with Crippen molar-refractivity contribution < 1.29 is 17.6 Å². The van der Waals surface area contributed by atoms with Crippen molar-refractivity contribution >= 4 is 62.0 Å². The van der Waals surface area contributed by atoms with E-state index < -0.39 is 15.9 Å². The zero-order valence-corrected chi connectivity index (χ0v) is 24.3. The van der Waals surface area contributed by atoms with Gasteiger partial charge in [-0.1, -0.05) is 23.7 Å². The van der Waals surface area contributed by atoms with Gasteiger partial charge in [0.15, 0.2) is 5.43 Å². The fourth-order valence-electron chi connectivity index (χ4n) is 4.61. The Labute approximate surface area is 251 Å². The van der Waals surface area contributed by atoms with Gasteiger partial charge in [0.2, 0.25) is 5.95 Å². The third-order valence-corrected chi connectivity index (χ3v) is 8.17. The van der Waals surface area contributed by atoms with Crippen molar-refractivity contribution in [2.75, 3.05) is 9.62 Å². The Hall–Kier alpha value is -5.13. The molecule has 0 spiro atoms. The minimum absolute atomic E-state index is 0.00198. The number of nitrogens with zero attached hydrogens (tertiary/aromatic N) is 4. The summed E-state index contributed by atoms with van der Waals surface area (Å²) in [5.41, 5.74) is 2.44. The normalized spacial score (nSPS) is 14.4. The van der Waals surface area contributed by atoms with E-state index in [1.54, 1.807) is 68.4 Å². The topological polar surface area (TPSA) is 135 Å². The number of amides is 1. The summed E-state index contributed by atoms with van der Waals surface area (Å²) in [4.78, 5) is 41.0. The second-order valence-electron chi connectivity index (χ2n) is 9.70. The summed E-state index contributed by atoms with van der Waals surface area (Å²) in [6.45, 7) is 3.48. The molecule has 214 valence electrons. The number of rotatable bonds is 6. The average molecular weight is 612 g/mol. The molecule has 1 N–H and O–H groups in total. The van der Waals surface area contributed by atoms with Crippen molar-refractivity contribution in [2.24, 2.45) is 4.99 Å². The van der Waals surface area contributed by atoms with Crippen molar-refractivity contribution in [3.63, 3.8) is 0 Å². The zero-order chi connectivity index (χ0) is 30.3. The van der Waals surface area contributed by atoms with Gasteiger partial charge in [-0.25, -0.2) is 28.1 Å². The minimum Gasteiger partial charge on any atom is -0.463 e. The van der Waals surface area contributed by atoms with Gasteiger partial charge in [-0.2, -0.15) is 0 Å². The predicted molar refractivity (Wildman–Crippen MR) is 165 cm³/mol. The second kappa shape index (κ2) is 10.9. The van der Waals surface area contributed by atoms with Crippen LogP contribution in [0, 0.1) is 13.8 Å². The highest BCUT2D eigenvalue weighted by Gasteiger charge is 2.33. The molecule has 10 nitrogen and oxygen atoms in total. The summed E-state index contributed by atoms with van der Waals surface area (Å²) in [6.07, 6.45) is 2.67. The number of carbonyl (C=O) groups is 1. The van der Waals surface area contributed by atoms with E-state index in [0.29, 0.717) is 38.6 Å². The Morgan fingerprint density at radius 3 is 2.28 bits per heavy atom. The van der Waals surface area contributed by atoms with Crippen LogP contribution >= 0.6 is 11.6 Å². The fourth-order valence-corrected chi connectivity index (χ4v) is 5.68. The quantitative estimate of drug-likeness (QED) is 0.251. The van der Waals surface area contributed by atoms with E-state index in [-0.39, 0.29) is 33.4 Å². The molecule has 0 saturated heterocycles. The monoisotopic (exact) mass is 611 g/mol. The van der Waals surface area contributed by atoms with Crippen molar-refractivity contribution in [2.45, 2.75) is 18.7 Å². The maximum Gasteiger partial charge on any atom is 0.282 e. The van der Waals surface area contributed by atoms with Gasteiger partial charge < -0.3 is 4.42 Å². The Morgan fingerprint density at radius 1 is 0.907 bits per heavy atom. The van der Waals surface area contributed by atoms with Gasteiger partial charge in [-0.05, 0) is 86.7 Å². The number of sulfonamides is 1. The molecule has 0 aliphatic carbocycles. The molecule has 43 heavy (non-hydrogen) atoms. The number of nitrogens with one attached hydrogen (secondary N) is 1. The molecule has 1 aliphatic rings. The number of para-hydroxylation sites is 1. The maximum atomic E-state index is 13.8. The van der Waals surface area contributed by atoms with Crippen LogP contribution < -0.4 is 15.1 Å². The first kappa shape index (κ1) is 28.0. The number of anilines is 2. The zero-order valence-electron chi connectivity index (χ0n) is 22.8. The molecule has 0 atom stereocenters. The Morgan fingerprint density at radius 2 is 1.58 bits per heavy atom. The van der Waals surface area contributed by atoms with E-state index in [0.717, 1.165) is 0 Å². The summed E-state index contributed by atoms with van der Waals surface area (Å²) >= 11 is 6.09. The molecule has 6 rings (SSSR count). The van der Waals surface area contributed by atoms with Crippen LogP contribution in [0.4, 0.5) is 11.6 Å². The molecule has 1 amide bonds. The number of aryl methyl sites for hydroxylation is 2. The summed E-state index contributed by atoms with van der Waals surface area (Å²) in [5.74, 6) is -0.285. The third-order valence-electron chi connectivity index (χ3n) is 6.57. The predicted octanol–water partition coefficient (Wildman–Crippen LogP) is 5.49. The lowest BCUT2D eigenvalue weighted by Gasteiger charge is -2.19. The second-order valence-corrected chi connectivity index (χ2v) is 11.8. The van der Waals surface area contributed by atoms with Crippen molar-refractivity contribution in [1.82, 2.24) is 9.97 Å². The maximum absolute atomic E-state index is 13.8. The number of amidine groups is 1. The smallest absolute Gasteiger partial charge is 0.282 e. The number of fused-ring (bicyclic) bond motifs is 1.